The lowest BCUT2D eigenvalue weighted by Crippen LogP contribution is -2.33. The van der Waals surface area contributed by atoms with Crippen LogP contribution in [0.1, 0.15) is 25.8 Å². The molecular formula is C15H25N3O2S. The van der Waals surface area contributed by atoms with Gasteiger partial charge in [-0.1, -0.05) is 12.1 Å². The molecule has 1 unspecified atom stereocenters. The van der Waals surface area contributed by atoms with Crippen molar-refractivity contribution in [2.45, 2.75) is 32.1 Å². The van der Waals surface area contributed by atoms with Crippen LogP contribution in [0.15, 0.2) is 24.3 Å². The lowest BCUT2D eigenvalue weighted by atomic mass is 10.1. The third kappa shape index (κ3) is 4.98. The number of hydrogen-bond donors (Lipinski definition) is 2. The fourth-order valence-electron chi connectivity index (χ4n) is 2.63. The van der Waals surface area contributed by atoms with Crippen LogP contribution in [0.25, 0.3) is 0 Å². The van der Waals surface area contributed by atoms with Crippen molar-refractivity contribution in [1.29, 1.82) is 0 Å². The van der Waals surface area contributed by atoms with E-state index in [1.165, 1.54) is 0 Å². The van der Waals surface area contributed by atoms with Gasteiger partial charge in [-0.3, -0.25) is 0 Å². The van der Waals surface area contributed by atoms with Gasteiger partial charge in [-0.2, -0.15) is 0 Å². The Morgan fingerprint density at radius 1 is 1.33 bits per heavy atom. The van der Waals surface area contributed by atoms with E-state index in [1.54, 1.807) is 24.3 Å². The number of sulfonamides is 1. The first-order chi connectivity index (χ1) is 9.85. The molecule has 0 aromatic heterocycles. The smallest absolute Gasteiger partial charge is 0.215 e. The van der Waals surface area contributed by atoms with Crippen molar-refractivity contribution < 1.29 is 8.42 Å². The first-order valence-corrected chi connectivity index (χ1v) is 9.07. The molecule has 1 saturated heterocycles. The molecule has 118 valence electrons. The highest BCUT2D eigenvalue weighted by atomic mass is 32.2. The Morgan fingerprint density at radius 3 is 2.57 bits per heavy atom. The molecule has 1 fully saturated rings. The molecule has 6 heteroatoms. The summed E-state index contributed by atoms with van der Waals surface area (Å²) in [4.78, 5) is 2.39. The van der Waals surface area contributed by atoms with Gasteiger partial charge in [-0.05, 0) is 50.4 Å². The van der Waals surface area contributed by atoms with Gasteiger partial charge in [0.2, 0.25) is 10.0 Å². The van der Waals surface area contributed by atoms with Gasteiger partial charge >= 0.3 is 0 Å². The van der Waals surface area contributed by atoms with Gasteiger partial charge in [0.15, 0.2) is 0 Å². The maximum atomic E-state index is 12.1. The summed E-state index contributed by atoms with van der Waals surface area (Å²) in [5, 5.41) is 0. The fourth-order valence-corrected chi connectivity index (χ4v) is 3.85. The van der Waals surface area contributed by atoms with Gasteiger partial charge in [0, 0.05) is 24.8 Å². The Kier molecular flexibility index (Phi) is 5.24. The lowest BCUT2D eigenvalue weighted by molar-refractivity contribution is 0.265. The van der Waals surface area contributed by atoms with Crippen LogP contribution in [0.3, 0.4) is 0 Å². The van der Waals surface area contributed by atoms with E-state index in [4.69, 9.17) is 5.73 Å². The molecule has 5 nitrogen and oxygen atoms in total. The number of nitrogens with one attached hydrogen (secondary N) is 1. The summed E-state index contributed by atoms with van der Waals surface area (Å²) in [7, 11) is -3.28. The molecule has 21 heavy (non-hydrogen) atoms. The summed E-state index contributed by atoms with van der Waals surface area (Å²) in [6.07, 6.45) is 1.06. The van der Waals surface area contributed by atoms with Gasteiger partial charge < -0.3 is 10.6 Å². The summed E-state index contributed by atoms with van der Waals surface area (Å²) in [6, 6.07) is 7.49. The van der Waals surface area contributed by atoms with Gasteiger partial charge in [0.1, 0.15) is 0 Å². The van der Waals surface area contributed by atoms with Gasteiger partial charge in [0.05, 0.1) is 5.75 Å². The predicted molar refractivity (Wildman–Crippen MR) is 86.3 cm³/mol. The lowest BCUT2D eigenvalue weighted by Gasteiger charge is -2.20. The second-order valence-corrected chi connectivity index (χ2v) is 7.90. The highest BCUT2D eigenvalue weighted by molar-refractivity contribution is 7.88. The molecule has 0 aliphatic carbocycles. The Morgan fingerprint density at radius 2 is 2.00 bits per heavy atom. The van der Waals surface area contributed by atoms with E-state index in [0.717, 1.165) is 25.1 Å². The minimum Gasteiger partial charge on any atom is -0.399 e. The van der Waals surface area contributed by atoms with E-state index in [-0.39, 0.29) is 5.75 Å². The molecule has 1 atom stereocenters. The van der Waals surface area contributed by atoms with Crippen molar-refractivity contribution in [3.05, 3.63) is 29.8 Å². The minimum atomic E-state index is -3.28. The van der Waals surface area contributed by atoms with Crippen LogP contribution in [0.2, 0.25) is 0 Å². The van der Waals surface area contributed by atoms with Gasteiger partial charge in [-0.15, -0.1) is 0 Å². The van der Waals surface area contributed by atoms with Crippen LogP contribution in [-0.2, 0) is 15.8 Å². The Hall–Kier alpha value is -1.11. The average molecular weight is 311 g/mol. The largest absolute Gasteiger partial charge is 0.399 e. The number of likely N-dealkylation sites (tertiary alicyclic amines) is 1. The van der Waals surface area contributed by atoms with Gasteiger partial charge in [-0.25, -0.2) is 13.1 Å². The van der Waals surface area contributed by atoms with Gasteiger partial charge in [0.25, 0.3) is 0 Å². The summed E-state index contributed by atoms with van der Waals surface area (Å²) < 4.78 is 26.9. The standard InChI is InChI=1S/C15H25N3O2S/c1-12(2)18-8-7-14(10-18)9-17-21(19,20)11-13-3-5-15(16)6-4-13/h3-6,12,14,17H,7-11,16H2,1-2H3. The number of nitrogens with two attached hydrogens (primary N) is 1. The third-order valence-electron chi connectivity index (χ3n) is 3.98. The van der Waals surface area contributed by atoms with Crippen molar-refractivity contribution in [3.8, 4) is 0 Å². The van der Waals surface area contributed by atoms with E-state index >= 15 is 0 Å². The van der Waals surface area contributed by atoms with E-state index < -0.39 is 10.0 Å². The van der Waals surface area contributed by atoms with Crippen molar-refractivity contribution in [2.75, 3.05) is 25.4 Å². The minimum absolute atomic E-state index is 0.00783. The molecule has 2 rings (SSSR count). The highest BCUT2D eigenvalue weighted by Crippen LogP contribution is 2.18. The van der Waals surface area contributed by atoms with Crippen LogP contribution in [0, 0.1) is 5.92 Å². The number of anilines is 1. The number of nitrogens with zero attached hydrogens (tertiary/aromatic N) is 1. The first-order valence-electron chi connectivity index (χ1n) is 7.41. The SMILES string of the molecule is CC(C)N1CCC(CNS(=O)(=O)Cc2ccc(N)cc2)C1. The molecular weight excluding hydrogens is 286 g/mol. The number of rotatable bonds is 6. The van der Waals surface area contributed by atoms with E-state index in [2.05, 4.69) is 23.5 Å². The molecule has 0 radical (unpaired) electrons. The molecule has 3 N–H and O–H groups in total. The van der Waals surface area contributed by atoms with Crippen LogP contribution >= 0.6 is 0 Å². The van der Waals surface area contributed by atoms with E-state index in [1.807, 2.05) is 0 Å². The summed E-state index contributed by atoms with van der Waals surface area (Å²) >= 11 is 0. The zero-order valence-electron chi connectivity index (χ0n) is 12.7. The van der Waals surface area contributed by atoms with Crippen molar-refractivity contribution >= 4 is 15.7 Å². The summed E-state index contributed by atoms with van der Waals surface area (Å²) in [5.74, 6) is 0.419. The zero-order chi connectivity index (χ0) is 15.5. The zero-order valence-corrected chi connectivity index (χ0v) is 13.6. The highest BCUT2D eigenvalue weighted by Gasteiger charge is 2.25. The summed E-state index contributed by atoms with van der Waals surface area (Å²) in [6.45, 7) is 6.91. The molecule has 0 amide bonds. The number of nitrogen functional groups attached to an aromatic ring is 1. The molecule has 0 bridgehead atoms. The maximum absolute atomic E-state index is 12.1. The average Bonchev–Trinajstić information content (AvgIpc) is 2.88. The molecule has 0 spiro atoms. The molecule has 1 heterocycles. The Balaban J connectivity index is 1.83. The second kappa shape index (κ2) is 6.77. The number of hydrogen-bond acceptors (Lipinski definition) is 4. The normalized spacial score (nSPS) is 20.2. The Bertz CT molecular complexity index is 555. The maximum Gasteiger partial charge on any atom is 0.215 e. The van der Waals surface area contributed by atoms with Crippen molar-refractivity contribution in [2.24, 2.45) is 5.92 Å². The number of benzene rings is 1. The van der Waals surface area contributed by atoms with Crippen LogP contribution < -0.4 is 10.5 Å². The third-order valence-corrected chi connectivity index (χ3v) is 5.30. The van der Waals surface area contributed by atoms with E-state index in [0.29, 0.717) is 24.2 Å². The quantitative estimate of drug-likeness (QED) is 0.779. The topological polar surface area (TPSA) is 75.4 Å². The Labute approximate surface area is 127 Å². The van der Waals surface area contributed by atoms with Crippen molar-refractivity contribution in [3.63, 3.8) is 0 Å². The van der Waals surface area contributed by atoms with Crippen LogP contribution in [0.4, 0.5) is 5.69 Å². The monoisotopic (exact) mass is 311 g/mol. The molecule has 1 aromatic rings. The van der Waals surface area contributed by atoms with Crippen molar-refractivity contribution in [1.82, 2.24) is 9.62 Å². The van der Waals surface area contributed by atoms with E-state index in [9.17, 15) is 8.42 Å². The predicted octanol–water partition coefficient (Wildman–Crippen LogP) is 1.42. The molecule has 0 saturated carbocycles. The first kappa shape index (κ1) is 16.3. The summed E-state index contributed by atoms with van der Waals surface area (Å²) in [5.41, 5.74) is 7.00. The van der Waals surface area contributed by atoms with Crippen LogP contribution in [0.5, 0.6) is 0 Å². The molecule has 1 aromatic carbocycles. The second-order valence-electron chi connectivity index (χ2n) is 6.09. The fraction of sp³-hybridized carbons (Fsp3) is 0.600. The molecule has 1 aliphatic rings. The molecule has 1 aliphatic heterocycles. The van der Waals surface area contributed by atoms with Crippen LogP contribution in [-0.4, -0.2) is 39.0 Å².